The van der Waals surface area contributed by atoms with E-state index in [4.69, 9.17) is 5.73 Å². The number of thioether (sulfide) groups is 1. The molecule has 0 saturated heterocycles. The first-order valence-electron chi connectivity index (χ1n) is 4.65. The van der Waals surface area contributed by atoms with E-state index >= 15 is 0 Å². The molecule has 0 unspecified atom stereocenters. The van der Waals surface area contributed by atoms with Crippen LogP contribution in [-0.4, -0.2) is 12.3 Å². The molecule has 74 valence electrons. The van der Waals surface area contributed by atoms with Crippen LogP contribution in [0.2, 0.25) is 0 Å². The van der Waals surface area contributed by atoms with Crippen LogP contribution in [0.25, 0.3) is 10.1 Å². The third kappa shape index (κ3) is 2.11. The van der Waals surface area contributed by atoms with Crippen molar-refractivity contribution in [3.8, 4) is 0 Å². The number of hydrogen-bond acceptors (Lipinski definition) is 3. The van der Waals surface area contributed by atoms with Gasteiger partial charge >= 0.3 is 0 Å². The van der Waals surface area contributed by atoms with Gasteiger partial charge in [0, 0.05) is 22.8 Å². The molecular formula is C11H13NS2. The molecule has 2 aromatic rings. The molecule has 2 N–H and O–H groups in total. The van der Waals surface area contributed by atoms with Gasteiger partial charge in [0.25, 0.3) is 0 Å². The Labute approximate surface area is 92.3 Å². The van der Waals surface area contributed by atoms with E-state index in [0.717, 1.165) is 18.1 Å². The van der Waals surface area contributed by atoms with Gasteiger partial charge < -0.3 is 5.73 Å². The fraction of sp³-hybridized carbons (Fsp3) is 0.273. The fourth-order valence-corrected chi connectivity index (χ4v) is 3.25. The lowest BCUT2D eigenvalue weighted by molar-refractivity contribution is 1.15. The van der Waals surface area contributed by atoms with Gasteiger partial charge in [-0.3, -0.25) is 0 Å². The van der Waals surface area contributed by atoms with Crippen LogP contribution in [0.4, 0.5) is 0 Å². The van der Waals surface area contributed by atoms with Gasteiger partial charge in [-0.2, -0.15) is 11.8 Å². The van der Waals surface area contributed by atoms with Crippen LogP contribution in [0.3, 0.4) is 0 Å². The highest BCUT2D eigenvalue weighted by Gasteiger charge is 2.02. The monoisotopic (exact) mass is 223 g/mol. The van der Waals surface area contributed by atoms with Crippen molar-refractivity contribution in [1.82, 2.24) is 0 Å². The summed E-state index contributed by atoms with van der Waals surface area (Å²) in [6, 6.07) is 8.57. The summed E-state index contributed by atoms with van der Waals surface area (Å²) in [5.41, 5.74) is 6.91. The predicted octanol–water partition coefficient (Wildman–Crippen LogP) is 3.09. The van der Waals surface area contributed by atoms with Crippen molar-refractivity contribution in [3.05, 3.63) is 35.2 Å². The van der Waals surface area contributed by atoms with Crippen molar-refractivity contribution >= 4 is 33.2 Å². The Morgan fingerprint density at radius 1 is 1.29 bits per heavy atom. The largest absolute Gasteiger partial charge is 0.330 e. The topological polar surface area (TPSA) is 26.0 Å². The molecule has 0 saturated carbocycles. The van der Waals surface area contributed by atoms with E-state index in [-0.39, 0.29) is 0 Å². The molecule has 1 nitrogen and oxygen atoms in total. The Kier molecular flexibility index (Phi) is 3.45. The van der Waals surface area contributed by atoms with E-state index < -0.39 is 0 Å². The van der Waals surface area contributed by atoms with Gasteiger partial charge in [-0.25, -0.2) is 0 Å². The van der Waals surface area contributed by atoms with Gasteiger partial charge in [0.1, 0.15) is 0 Å². The highest BCUT2D eigenvalue weighted by atomic mass is 32.2. The van der Waals surface area contributed by atoms with Gasteiger partial charge in [-0.1, -0.05) is 18.2 Å². The van der Waals surface area contributed by atoms with E-state index in [0.29, 0.717) is 0 Å². The average Bonchev–Trinajstić information content (AvgIpc) is 2.63. The quantitative estimate of drug-likeness (QED) is 0.806. The number of rotatable bonds is 4. The molecule has 14 heavy (non-hydrogen) atoms. The highest BCUT2D eigenvalue weighted by Crippen LogP contribution is 2.28. The Morgan fingerprint density at radius 2 is 2.14 bits per heavy atom. The van der Waals surface area contributed by atoms with Crippen LogP contribution in [0.1, 0.15) is 5.56 Å². The lowest BCUT2D eigenvalue weighted by Crippen LogP contribution is -2.01. The van der Waals surface area contributed by atoms with Crippen molar-refractivity contribution in [2.45, 2.75) is 5.75 Å². The summed E-state index contributed by atoms with van der Waals surface area (Å²) in [7, 11) is 0. The first-order chi connectivity index (χ1) is 6.92. The van der Waals surface area contributed by atoms with E-state index in [1.54, 1.807) is 0 Å². The molecular weight excluding hydrogens is 210 g/mol. The first-order valence-corrected chi connectivity index (χ1v) is 6.68. The van der Waals surface area contributed by atoms with Crippen LogP contribution < -0.4 is 5.73 Å². The molecule has 0 aliphatic rings. The van der Waals surface area contributed by atoms with E-state index in [9.17, 15) is 0 Å². The molecule has 0 atom stereocenters. The van der Waals surface area contributed by atoms with Crippen molar-refractivity contribution in [3.63, 3.8) is 0 Å². The SMILES string of the molecule is NCCSCc1csc2ccccc12. The number of benzene rings is 1. The molecule has 0 spiro atoms. The van der Waals surface area contributed by atoms with Crippen LogP contribution in [0.5, 0.6) is 0 Å². The van der Waals surface area contributed by atoms with Crippen LogP contribution >= 0.6 is 23.1 Å². The lowest BCUT2D eigenvalue weighted by Gasteiger charge is -1.98. The summed E-state index contributed by atoms with van der Waals surface area (Å²) >= 11 is 3.73. The van der Waals surface area contributed by atoms with Gasteiger partial charge in [-0.15, -0.1) is 11.3 Å². The molecule has 0 bridgehead atoms. The maximum Gasteiger partial charge on any atom is 0.0345 e. The third-order valence-corrected chi connectivity index (χ3v) is 4.13. The molecule has 3 heteroatoms. The summed E-state index contributed by atoms with van der Waals surface area (Å²) in [4.78, 5) is 0. The van der Waals surface area contributed by atoms with Crippen LogP contribution in [-0.2, 0) is 5.75 Å². The Hall–Kier alpha value is -0.510. The standard InChI is InChI=1S/C11H13NS2/c12-5-6-13-7-9-8-14-11-4-2-1-3-10(9)11/h1-4,8H,5-7,12H2. The Morgan fingerprint density at radius 3 is 3.00 bits per heavy atom. The lowest BCUT2D eigenvalue weighted by atomic mass is 10.2. The molecule has 1 aromatic heterocycles. The van der Waals surface area contributed by atoms with E-state index in [1.807, 2.05) is 23.1 Å². The molecule has 0 amide bonds. The zero-order valence-corrected chi connectivity index (χ0v) is 9.53. The molecule has 0 aliphatic heterocycles. The summed E-state index contributed by atoms with van der Waals surface area (Å²) < 4.78 is 1.39. The maximum atomic E-state index is 5.46. The van der Waals surface area contributed by atoms with E-state index in [1.165, 1.54) is 15.6 Å². The molecule has 0 fully saturated rings. The molecule has 0 radical (unpaired) electrons. The zero-order valence-electron chi connectivity index (χ0n) is 7.90. The summed E-state index contributed by atoms with van der Waals surface area (Å²) in [6.45, 7) is 0.771. The maximum absolute atomic E-state index is 5.46. The average molecular weight is 223 g/mol. The van der Waals surface area contributed by atoms with Gasteiger partial charge in [-0.05, 0) is 22.4 Å². The second-order valence-electron chi connectivity index (χ2n) is 3.10. The summed E-state index contributed by atoms with van der Waals surface area (Å²) in [6.07, 6.45) is 0. The third-order valence-electron chi connectivity index (χ3n) is 2.08. The normalized spacial score (nSPS) is 10.9. The minimum absolute atomic E-state index is 0.771. The Bertz CT molecular complexity index is 408. The smallest absolute Gasteiger partial charge is 0.0345 e. The molecule has 1 heterocycles. The van der Waals surface area contributed by atoms with Crippen molar-refractivity contribution in [1.29, 1.82) is 0 Å². The number of hydrogen-bond donors (Lipinski definition) is 1. The molecule has 0 aliphatic carbocycles. The number of fused-ring (bicyclic) bond motifs is 1. The van der Waals surface area contributed by atoms with Gasteiger partial charge in [0.05, 0.1) is 0 Å². The molecule has 2 rings (SSSR count). The van der Waals surface area contributed by atoms with Gasteiger partial charge in [0.15, 0.2) is 0 Å². The zero-order chi connectivity index (χ0) is 9.80. The predicted molar refractivity (Wildman–Crippen MR) is 67.0 cm³/mol. The minimum atomic E-state index is 0.771. The highest BCUT2D eigenvalue weighted by molar-refractivity contribution is 7.98. The molecule has 1 aromatic carbocycles. The van der Waals surface area contributed by atoms with Crippen molar-refractivity contribution in [2.75, 3.05) is 12.3 Å². The summed E-state index contributed by atoms with van der Waals surface area (Å²) in [5.74, 6) is 2.13. The van der Waals surface area contributed by atoms with Gasteiger partial charge in [0.2, 0.25) is 0 Å². The van der Waals surface area contributed by atoms with Crippen molar-refractivity contribution < 1.29 is 0 Å². The second-order valence-corrected chi connectivity index (χ2v) is 5.11. The van der Waals surface area contributed by atoms with Crippen molar-refractivity contribution in [2.24, 2.45) is 5.73 Å². The Balaban J connectivity index is 2.17. The summed E-state index contributed by atoms with van der Waals surface area (Å²) in [5, 5.41) is 3.66. The van der Waals surface area contributed by atoms with Crippen LogP contribution in [0.15, 0.2) is 29.6 Å². The number of nitrogens with two attached hydrogens (primary N) is 1. The minimum Gasteiger partial charge on any atom is -0.330 e. The first kappa shape index (κ1) is 10.0. The van der Waals surface area contributed by atoms with Crippen LogP contribution in [0, 0.1) is 0 Å². The van der Waals surface area contributed by atoms with E-state index in [2.05, 4.69) is 29.6 Å². The fourth-order valence-electron chi connectivity index (χ4n) is 1.41. The number of thiophene rings is 1. The second kappa shape index (κ2) is 4.82.